The van der Waals surface area contributed by atoms with Gasteiger partial charge in [0, 0.05) is 6.42 Å². The molecule has 0 aliphatic heterocycles. The molecule has 1 unspecified atom stereocenters. The molecule has 0 aromatic carbocycles. The van der Waals surface area contributed by atoms with Crippen molar-refractivity contribution in [2.24, 2.45) is 17.4 Å². The molecule has 0 aromatic rings. The molecule has 0 saturated heterocycles. The number of primary amides is 1. The molecule has 0 heterocycles. The van der Waals surface area contributed by atoms with Gasteiger partial charge in [-0.05, 0) is 25.3 Å². The van der Waals surface area contributed by atoms with Crippen LogP contribution in [0.15, 0.2) is 0 Å². The van der Waals surface area contributed by atoms with Gasteiger partial charge in [-0.25, -0.2) is 0 Å². The minimum absolute atomic E-state index is 0.162. The van der Waals surface area contributed by atoms with Gasteiger partial charge in [-0.15, -0.1) is 0 Å². The third kappa shape index (κ3) is 6.90. The molecule has 88 valence electrons. The van der Waals surface area contributed by atoms with Crippen LogP contribution in [0.2, 0.25) is 0 Å². The van der Waals surface area contributed by atoms with Crippen LogP contribution in [0.3, 0.4) is 0 Å². The molecule has 0 radical (unpaired) electrons. The lowest BCUT2D eigenvalue weighted by Gasteiger charge is -2.17. The average molecular weight is 215 g/mol. The van der Waals surface area contributed by atoms with Crippen molar-refractivity contribution in [2.75, 3.05) is 6.54 Å². The minimum atomic E-state index is -0.560. The highest BCUT2D eigenvalue weighted by Gasteiger charge is 2.18. The quantitative estimate of drug-likeness (QED) is 0.545. The molecule has 0 aliphatic carbocycles. The average Bonchev–Trinajstić information content (AvgIpc) is 2.12. The van der Waals surface area contributed by atoms with Gasteiger partial charge in [0.25, 0.3) is 0 Å². The first-order valence-corrected chi connectivity index (χ1v) is 5.26. The predicted molar refractivity (Wildman–Crippen MR) is 58.9 cm³/mol. The van der Waals surface area contributed by atoms with Crippen molar-refractivity contribution in [1.29, 1.82) is 0 Å². The lowest BCUT2D eigenvalue weighted by atomic mass is 10.0. The maximum absolute atomic E-state index is 11.3. The van der Waals surface area contributed by atoms with E-state index in [0.29, 0.717) is 31.7 Å². The minimum Gasteiger partial charge on any atom is -0.368 e. The van der Waals surface area contributed by atoms with Crippen molar-refractivity contribution in [1.82, 2.24) is 5.32 Å². The Morgan fingerprint density at radius 3 is 2.33 bits per heavy atom. The van der Waals surface area contributed by atoms with E-state index < -0.39 is 11.9 Å². The summed E-state index contributed by atoms with van der Waals surface area (Å²) in [5, 5.41) is 2.61. The van der Waals surface area contributed by atoms with Crippen LogP contribution in [0, 0.1) is 5.92 Å². The van der Waals surface area contributed by atoms with Gasteiger partial charge in [-0.2, -0.15) is 0 Å². The molecule has 0 spiro atoms. The first-order chi connectivity index (χ1) is 6.97. The topological polar surface area (TPSA) is 98.2 Å². The Hall–Kier alpha value is -1.10. The van der Waals surface area contributed by atoms with Crippen LogP contribution in [-0.2, 0) is 9.59 Å². The van der Waals surface area contributed by atoms with E-state index in [1.807, 2.05) is 13.8 Å². The molecule has 0 rings (SSSR count). The predicted octanol–water partition coefficient (Wildman–Crippen LogP) is -0.258. The third-order valence-electron chi connectivity index (χ3n) is 1.99. The summed E-state index contributed by atoms with van der Waals surface area (Å²) in [7, 11) is 0. The van der Waals surface area contributed by atoms with Crippen LogP contribution in [0.4, 0.5) is 0 Å². The van der Waals surface area contributed by atoms with Crippen molar-refractivity contribution < 1.29 is 9.59 Å². The van der Waals surface area contributed by atoms with Gasteiger partial charge < -0.3 is 16.8 Å². The van der Waals surface area contributed by atoms with Crippen molar-refractivity contribution in [3.05, 3.63) is 0 Å². The number of nitrogens with one attached hydrogen (secondary N) is 1. The van der Waals surface area contributed by atoms with E-state index in [2.05, 4.69) is 5.32 Å². The zero-order chi connectivity index (χ0) is 11.8. The third-order valence-corrected chi connectivity index (χ3v) is 1.99. The molecule has 5 heteroatoms. The Morgan fingerprint density at radius 2 is 1.93 bits per heavy atom. The van der Waals surface area contributed by atoms with Crippen LogP contribution in [0.5, 0.6) is 0 Å². The van der Waals surface area contributed by atoms with Crippen LogP contribution in [-0.4, -0.2) is 24.4 Å². The number of rotatable bonds is 7. The van der Waals surface area contributed by atoms with Gasteiger partial charge in [0.2, 0.25) is 11.8 Å². The molecule has 2 amide bonds. The smallest absolute Gasteiger partial charge is 0.240 e. The summed E-state index contributed by atoms with van der Waals surface area (Å²) in [6.07, 6.45) is 1.54. The molecule has 0 fully saturated rings. The van der Waals surface area contributed by atoms with Crippen molar-refractivity contribution in [3.8, 4) is 0 Å². The van der Waals surface area contributed by atoms with E-state index in [4.69, 9.17) is 11.5 Å². The number of amides is 2. The standard InChI is InChI=1S/C10H21N3O2/c1-7(2)6-8(10(12)15)13-9(14)4-3-5-11/h7-8H,3-6,11H2,1-2H3,(H2,12,15)(H,13,14). The number of nitrogens with two attached hydrogens (primary N) is 2. The zero-order valence-corrected chi connectivity index (χ0v) is 9.45. The highest BCUT2D eigenvalue weighted by Crippen LogP contribution is 2.04. The lowest BCUT2D eigenvalue weighted by Crippen LogP contribution is -2.45. The Balaban J connectivity index is 4.05. The van der Waals surface area contributed by atoms with E-state index in [0.717, 1.165) is 0 Å². The molecule has 0 bridgehead atoms. The van der Waals surface area contributed by atoms with E-state index in [-0.39, 0.29) is 5.91 Å². The number of carbonyl (C=O) groups is 2. The first-order valence-electron chi connectivity index (χ1n) is 5.26. The van der Waals surface area contributed by atoms with E-state index in [1.165, 1.54) is 0 Å². The fourth-order valence-corrected chi connectivity index (χ4v) is 1.25. The summed E-state index contributed by atoms with van der Waals surface area (Å²) in [5.41, 5.74) is 10.5. The molecule has 5 N–H and O–H groups in total. The van der Waals surface area contributed by atoms with Gasteiger partial charge in [0.05, 0.1) is 0 Å². The summed E-state index contributed by atoms with van der Waals surface area (Å²) in [4.78, 5) is 22.4. The van der Waals surface area contributed by atoms with Crippen LogP contribution < -0.4 is 16.8 Å². The maximum Gasteiger partial charge on any atom is 0.240 e. The summed E-state index contributed by atoms with van der Waals surface area (Å²) >= 11 is 0. The first kappa shape index (κ1) is 13.9. The van der Waals surface area contributed by atoms with Gasteiger partial charge in [-0.3, -0.25) is 9.59 Å². The van der Waals surface area contributed by atoms with Gasteiger partial charge in [0.1, 0.15) is 6.04 Å². The highest BCUT2D eigenvalue weighted by molar-refractivity contribution is 5.86. The molecular formula is C10H21N3O2. The van der Waals surface area contributed by atoms with E-state index in [1.54, 1.807) is 0 Å². The summed E-state index contributed by atoms with van der Waals surface area (Å²) in [5.74, 6) is -0.327. The Morgan fingerprint density at radius 1 is 1.33 bits per heavy atom. The van der Waals surface area contributed by atoms with Crippen LogP contribution >= 0.6 is 0 Å². The highest BCUT2D eigenvalue weighted by atomic mass is 16.2. The maximum atomic E-state index is 11.3. The second-order valence-corrected chi connectivity index (χ2v) is 4.04. The lowest BCUT2D eigenvalue weighted by molar-refractivity contribution is -0.127. The second kappa shape index (κ2) is 7.23. The SMILES string of the molecule is CC(C)CC(NC(=O)CCCN)C(N)=O. The normalized spacial score (nSPS) is 12.5. The number of carbonyl (C=O) groups excluding carboxylic acids is 2. The molecule has 1 atom stereocenters. The van der Waals surface area contributed by atoms with E-state index in [9.17, 15) is 9.59 Å². The molecule has 0 saturated carbocycles. The molecular weight excluding hydrogens is 194 g/mol. The fraction of sp³-hybridized carbons (Fsp3) is 0.800. The summed E-state index contributed by atoms with van der Waals surface area (Å²) < 4.78 is 0. The van der Waals surface area contributed by atoms with Crippen molar-refractivity contribution in [3.63, 3.8) is 0 Å². The van der Waals surface area contributed by atoms with Gasteiger partial charge >= 0.3 is 0 Å². The Bertz CT molecular complexity index is 217. The monoisotopic (exact) mass is 215 g/mol. The number of hydrogen-bond acceptors (Lipinski definition) is 3. The van der Waals surface area contributed by atoms with Crippen LogP contribution in [0.25, 0.3) is 0 Å². The largest absolute Gasteiger partial charge is 0.368 e. The second-order valence-electron chi connectivity index (χ2n) is 4.04. The molecule has 0 aliphatic rings. The van der Waals surface area contributed by atoms with Crippen LogP contribution in [0.1, 0.15) is 33.1 Å². The zero-order valence-electron chi connectivity index (χ0n) is 9.45. The van der Waals surface area contributed by atoms with Crippen molar-refractivity contribution in [2.45, 2.75) is 39.2 Å². The Labute approximate surface area is 90.6 Å². The summed E-state index contributed by atoms with van der Waals surface area (Å²) in [6.45, 7) is 4.42. The van der Waals surface area contributed by atoms with Gasteiger partial charge in [0.15, 0.2) is 0 Å². The number of hydrogen-bond donors (Lipinski definition) is 3. The fourth-order valence-electron chi connectivity index (χ4n) is 1.25. The molecule has 0 aromatic heterocycles. The molecule has 5 nitrogen and oxygen atoms in total. The molecule has 15 heavy (non-hydrogen) atoms. The van der Waals surface area contributed by atoms with Crippen molar-refractivity contribution >= 4 is 11.8 Å². The van der Waals surface area contributed by atoms with E-state index >= 15 is 0 Å². The Kier molecular flexibility index (Phi) is 6.70. The van der Waals surface area contributed by atoms with Gasteiger partial charge in [-0.1, -0.05) is 13.8 Å². The summed E-state index contributed by atoms with van der Waals surface area (Å²) in [6, 6.07) is -0.560.